The lowest BCUT2D eigenvalue weighted by Crippen LogP contribution is -2.43. The van der Waals surface area contributed by atoms with E-state index in [0.717, 1.165) is 10.5 Å². The number of carbonyl (C=O) groups excluding carboxylic acids is 4. The van der Waals surface area contributed by atoms with Crippen LogP contribution in [-0.2, 0) is 26.4 Å². The van der Waals surface area contributed by atoms with Crippen LogP contribution in [0.3, 0.4) is 0 Å². The van der Waals surface area contributed by atoms with Crippen LogP contribution in [0.15, 0.2) is 48.5 Å². The van der Waals surface area contributed by atoms with Crippen molar-refractivity contribution >= 4 is 23.8 Å². The Morgan fingerprint density at radius 2 is 1.81 bits per heavy atom. The molecule has 3 rings (SSSR count). The average Bonchev–Trinajstić information content (AvgIpc) is 3.01. The number of ether oxygens (including phenoxy) is 2. The second-order valence-corrected chi connectivity index (χ2v) is 7.14. The van der Waals surface area contributed by atoms with Gasteiger partial charge in [-0.3, -0.25) is 14.5 Å². The van der Waals surface area contributed by atoms with Gasteiger partial charge >= 0.3 is 12.0 Å². The quantitative estimate of drug-likeness (QED) is 0.514. The molecular formula is C22H23N3O6. The number of methoxy groups -OCH3 is 2. The molecule has 2 aromatic carbocycles. The van der Waals surface area contributed by atoms with Crippen molar-refractivity contribution in [2.45, 2.75) is 19.0 Å². The Bertz CT molecular complexity index is 1020. The molecule has 1 heterocycles. The molecule has 1 aliphatic rings. The number of amides is 4. The Hall–Kier alpha value is -3.88. The van der Waals surface area contributed by atoms with Crippen molar-refractivity contribution in [1.29, 1.82) is 0 Å². The summed E-state index contributed by atoms with van der Waals surface area (Å²) in [4.78, 5) is 50.1. The smallest absolute Gasteiger partial charge is 0.337 e. The van der Waals surface area contributed by atoms with Gasteiger partial charge in [-0.2, -0.15) is 0 Å². The minimum absolute atomic E-state index is 0.178. The van der Waals surface area contributed by atoms with Crippen molar-refractivity contribution in [2.24, 2.45) is 0 Å². The van der Waals surface area contributed by atoms with E-state index in [2.05, 4.69) is 15.4 Å². The van der Waals surface area contributed by atoms with Crippen LogP contribution in [0.25, 0.3) is 0 Å². The van der Waals surface area contributed by atoms with E-state index in [1.54, 1.807) is 55.5 Å². The van der Waals surface area contributed by atoms with Crippen molar-refractivity contribution < 1.29 is 28.7 Å². The first-order valence-electron chi connectivity index (χ1n) is 9.51. The molecule has 31 heavy (non-hydrogen) atoms. The number of nitrogens with zero attached hydrogens (tertiary/aromatic N) is 1. The Kier molecular flexibility index (Phi) is 6.24. The van der Waals surface area contributed by atoms with E-state index in [9.17, 15) is 19.2 Å². The first-order chi connectivity index (χ1) is 14.8. The molecule has 1 saturated heterocycles. The Labute approximate surface area is 179 Å². The minimum Gasteiger partial charge on any atom is -0.497 e. The number of rotatable bonds is 7. The zero-order valence-corrected chi connectivity index (χ0v) is 17.4. The van der Waals surface area contributed by atoms with Gasteiger partial charge in [0.15, 0.2) is 0 Å². The highest BCUT2D eigenvalue weighted by Gasteiger charge is 2.49. The summed E-state index contributed by atoms with van der Waals surface area (Å²) in [6, 6.07) is 12.7. The lowest BCUT2D eigenvalue weighted by molar-refractivity contribution is -0.134. The predicted octanol–water partition coefficient (Wildman–Crippen LogP) is 1.57. The van der Waals surface area contributed by atoms with Gasteiger partial charge in [0.2, 0.25) is 5.91 Å². The summed E-state index contributed by atoms with van der Waals surface area (Å²) >= 11 is 0. The van der Waals surface area contributed by atoms with Crippen molar-refractivity contribution in [1.82, 2.24) is 15.5 Å². The van der Waals surface area contributed by atoms with Crippen molar-refractivity contribution in [3.8, 4) is 5.75 Å². The van der Waals surface area contributed by atoms with Crippen LogP contribution in [0.4, 0.5) is 4.79 Å². The van der Waals surface area contributed by atoms with Gasteiger partial charge in [-0.25, -0.2) is 9.59 Å². The Balaban J connectivity index is 1.63. The summed E-state index contributed by atoms with van der Waals surface area (Å²) in [5.74, 6) is -0.915. The van der Waals surface area contributed by atoms with Crippen molar-refractivity contribution in [3.05, 3.63) is 65.2 Å². The molecule has 9 nitrogen and oxygen atoms in total. The zero-order valence-electron chi connectivity index (χ0n) is 17.4. The summed E-state index contributed by atoms with van der Waals surface area (Å²) < 4.78 is 9.83. The van der Waals surface area contributed by atoms with Crippen LogP contribution in [0.1, 0.15) is 28.4 Å². The van der Waals surface area contributed by atoms with Gasteiger partial charge in [0, 0.05) is 6.54 Å². The van der Waals surface area contributed by atoms with Crippen LogP contribution in [0, 0.1) is 0 Å². The molecule has 9 heteroatoms. The number of hydrogen-bond donors (Lipinski definition) is 2. The highest BCUT2D eigenvalue weighted by Crippen LogP contribution is 2.30. The Morgan fingerprint density at radius 3 is 2.45 bits per heavy atom. The fraction of sp³-hybridized carbons (Fsp3) is 0.273. The lowest BCUT2D eigenvalue weighted by Gasteiger charge is -2.22. The maximum Gasteiger partial charge on any atom is 0.337 e. The molecule has 1 fully saturated rings. The van der Waals surface area contributed by atoms with E-state index in [4.69, 9.17) is 4.74 Å². The molecule has 0 radical (unpaired) electrons. The fourth-order valence-corrected chi connectivity index (χ4v) is 3.25. The van der Waals surface area contributed by atoms with Gasteiger partial charge in [0.05, 0.1) is 19.8 Å². The topological polar surface area (TPSA) is 114 Å². The van der Waals surface area contributed by atoms with E-state index in [-0.39, 0.29) is 6.54 Å². The number of imide groups is 1. The van der Waals surface area contributed by atoms with E-state index in [0.29, 0.717) is 16.9 Å². The summed E-state index contributed by atoms with van der Waals surface area (Å²) in [5.41, 5.74) is 0.405. The minimum atomic E-state index is -1.30. The van der Waals surface area contributed by atoms with Crippen LogP contribution in [-0.4, -0.2) is 49.5 Å². The van der Waals surface area contributed by atoms with Crippen LogP contribution in [0.2, 0.25) is 0 Å². The number of hydrogen-bond acceptors (Lipinski definition) is 6. The van der Waals surface area contributed by atoms with Crippen molar-refractivity contribution in [3.63, 3.8) is 0 Å². The van der Waals surface area contributed by atoms with E-state index < -0.39 is 35.9 Å². The molecule has 0 bridgehead atoms. The molecule has 1 aliphatic heterocycles. The van der Waals surface area contributed by atoms with Gasteiger partial charge in [-0.15, -0.1) is 0 Å². The summed E-state index contributed by atoms with van der Waals surface area (Å²) in [7, 11) is 2.81. The number of urea groups is 1. The monoisotopic (exact) mass is 425 g/mol. The third-order valence-electron chi connectivity index (χ3n) is 5.09. The van der Waals surface area contributed by atoms with Crippen LogP contribution in [0.5, 0.6) is 5.75 Å². The molecule has 4 amide bonds. The second-order valence-electron chi connectivity index (χ2n) is 7.14. The van der Waals surface area contributed by atoms with Gasteiger partial charge in [-0.05, 0) is 42.3 Å². The zero-order chi connectivity index (χ0) is 22.6. The second kappa shape index (κ2) is 8.86. The van der Waals surface area contributed by atoms with Crippen LogP contribution >= 0.6 is 0 Å². The Morgan fingerprint density at radius 1 is 1.10 bits per heavy atom. The third kappa shape index (κ3) is 4.50. The largest absolute Gasteiger partial charge is 0.497 e. The lowest BCUT2D eigenvalue weighted by atomic mass is 9.92. The fourth-order valence-electron chi connectivity index (χ4n) is 3.25. The third-order valence-corrected chi connectivity index (χ3v) is 5.09. The molecule has 0 saturated carbocycles. The standard InChI is InChI=1S/C22H23N3O6/c1-22(16-5-4-6-17(11-16)30-2)20(28)25(21(29)24-22)13-18(26)23-12-14-7-9-15(10-8-14)19(27)31-3/h4-11H,12-13H2,1-3H3,(H,23,26)(H,24,29)/t22-/m0/s1. The highest BCUT2D eigenvalue weighted by atomic mass is 16.5. The molecule has 2 N–H and O–H groups in total. The summed E-state index contributed by atoms with van der Waals surface area (Å²) in [5, 5.41) is 5.32. The van der Waals surface area contributed by atoms with E-state index >= 15 is 0 Å². The first-order valence-corrected chi connectivity index (χ1v) is 9.51. The molecular weight excluding hydrogens is 402 g/mol. The number of benzene rings is 2. The molecule has 1 atom stereocenters. The molecule has 0 spiro atoms. The number of esters is 1. The van der Waals surface area contributed by atoms with Gasteiger partial charge in [0.1, 0.15) is 17.8 Å². The normalized spacial score (nSPS) is 17.8. The first kappa shape index (κ1) is 21.8. The maximum absolute atomic E-state index is 13.0. The van der Waals surface area contributed by atoms with Crippen LogP contribution < -0.4 is 15.4 Å². The summed E-state index contributed by atoms with van der Waals surface area (Å²) in [6.45, 7) is 1.35. The average molecular weight is 425 g/mol. The van der Waals surface area contributed by atoms with Crippen molar-refractivity contribution in [2.75, 3.05) is 20.8 Å². The number of carbonyl (C=O) groups is 4. The molecule has 0 aromatic heterocycles. The number of nitrogens with one attached hydrogen (secondary N) is 2. The highest BCUT2D eigenvalue weighted by molar-refractivity contribution is 6.09. The molecule has 0 unspecified atom stereocenters. The van der Waals surface area contributed by atoms with E-state index in [1.807, 2.05) is 0 Å². The van der Waals surface area contributed by atoms with Gasteiger partial charge in [-0.1, -0.05) is 24.3 Å². The SMILES string of the molecule is COC(=O)c1ccc(CNC(=O)CN2C(=O)N[C@@](C)(c3cccc(OC)c3)C2=O)cc1. The van der Waals surface area contributed by atoms with Gasteiger partial charge in [0.25, 0.3) is 5.91 Å². The summed E-state index contributed by atoms with van der Waals surface area (Å²) in [6.07, 6.45) is 0. The molecule has 162 valence electrons. The predicted molar refractivity (Wildman–Crippen MR) is 110 cm³/mol. The van der Waals surface area contributed by atoms with Gasteiger partial charge < -0.3 is 20.1 Å². The molecule has 0 aliphatic carbocycles. The van der Waals surface area contributed by atoms with E-state index in [1.165, 1.54) is 14.2 Å². The maximum atomic E-state index is 13.0. The molecule has 2 aromatic rings.